The van der Waals surface area contributed by atoms with E-state index in [-0.39, 0.29) is 28.7 Å². The zero-order valence-electron chi connectivity index (χ0n) is 19.6. The van der Waals surface area contributed by atoms with Crippen molar-refractivity contribution in [2.45, 2.75) is 39.0 Å². The summed E-state index contributed by atoms with van der Waals surface area (Å²) in [5, 5.41) is 6.77. The van der Waals surface area contributed by atoms with Gasteiger partial charge in [-0.2, -0.15) is 0 Å². The molecular weight excluding hydrogens is 655 g/mol. The van der Waals surface area contributed by atoms with Crippen molar-refractivity contribution in [2.24, 2.45) is 4.99 Å². The SMILES string of the molecule is Br.O=C1CCCN1Cc1ccc(CNC(=NCc2ccc(F)c(Br)c2)NCc2ccc(Br)cc2)cc1. The largest absolute Gasteiger partial charge is 0.352 e. The molecule has 0 saturated carbocycles. The highest BCUT2D eigenvalue weighted by molar-refractivity contribution is 9.10. The van der Waals surface area contributed by atoms with Gasteiger partial charge in [0.2, 0.25) is 5.91 Å². The molecule has 1 aliphatic rings. The van der Waals surface area contributed by atoms with E-state index >= 15 is 0 Å². The minimum Gasteiger partial charge on any atom is -0.352 e. The van der Waals surface area contributed by atoms with Gasteiger partial charge in [-0.05, 0) is 68.9 Å². The second kappa shape index (κ2) is 13.9. The maximum absolute atomic E-state index is 13.6. The second-order valence-corrected chi connectivity index (χ2v) is 10.3. The maximum Gasteiger partial charge on any atom is 0.222 e. The van der Waals surface area contributed by atoms with Gasteiger partial charge in [0.15, 0.2) is 5.96 Å². The zero-order chi connectivity index (χ0) is 24.6. The molecule has 1 fully saturated rings. The average Bonchev–Trinajstić information content (AvgIpc) is 3.26. The Morgan fingerprint density at radius 3 is 2.06 bits per heavy atom. The molecule has 1 aliphatic heterocycles. The molecule has 2 N–H and O–H groups in total. The van der Waals surface area contributed by atoms with Crippen LogP contribution in [-0.2, 0) is 31.0 Å². The Labute approximate surface area is 238 Å². The van der Waals surface area contributed by atoms with Gasteiger partial charge in [-0.25, -0.2) is 9.38 Å². The summed E-state index contributed by atoms with van der Waals surface area (Å²) in [4.78, 5) is 18.5. The van der Waals surface area contributed by atoms with E-state index < -0.39 is 0 Å². The fourth-order valence-corrected chi connectivity index (χ4v) is 4.50. The normalized spacial score (nSPS) is 13.5. The molecule has 9 heteroatoms. The van der Waals surface area contributed by atoms with Crippen molar-refractivity contribution in [3.8, 4) is 0 Å². The van der Waals surface area contributed by atoms with E-state index in [9.17, 15) is 9.18 Å². The lowest BCUT2D eigenvalue weighted by Crippen LogP contribution is -2.36. The number of halogens is 4. The van der Waals surface area contributed by atoms with Crippen LogP contribution in [0.3, 0.4) is 0 Å². The molecule has 0 atom stereocenters. The van der Waals surface area contributed by atoms with Crippen molar-refractivity contribution in [3.05, 3.63) is 104 Å². The lowest BCUT2D eigenvalue weighted by molar-refractivity contribution is -0.128. The van der Waals surface area contributed by atoms with Crippen molar-refractivity contribution in [3.63, 3.8) is 0 Å². The number of amides is 1. The molecule has 0 aromatic heterocycles. The van der Waals surface area contributed by atoms with Gasteiger partial charge < -0.3 is 15.5 Å². The van der Waals surface area contributed by atoms with Gasteiger partial charge in [0.05, 0.1) is 11.0 Å². The Morgan fingerprint density at radius 2 is 1.47 bits per heavy atom. The number of rotatable bonds is 8. The number of aliphatic imine (C=N–C) groups is 1. The standard InChI is InChI=1S/C27H27Br2FN4O.BrH/c28-23-10-7-20(8-11-23)16-32-27(33-17-22-9-12-25(30)24(29)14-22)31-15-19-3-5-21(6-4-19)18-34-13-1-2-26(34)35;/h3-12,14H,1-2,13,15-18H2,(H2,31,32,33);1H. The fourth-order valence-electron chi connectivity index (χ4n) is 3.81. The monoisotopic (exact) mass is 680 g/mol. The van der Waals surface area contributed by atoms with Crippen LogP contribution in [0.4, 0.5) is 4.39 Å². The number of benzene rings is 3. The molecule has 0 unspecified atom stereocenters. The number of carbonyl (C=O) groups excluding carboxylic acids is 1. The highest BCUT2D eigenvalue weighted by Gasteiger charge is 2.19. The van der Waals surface area contributed by atoms with Gasteiger partial charge in [-0.15, -0.1) is 17.0 Å². The number of guanidine groups is 1. The summed E-state index contributed by atoms with van der Waals surface area (Å²) >= 11 is 6.70. The van der Waals surface area contributed by atoms with E-state index in [4.69, 9.17) is 4.99 Å². The van der Waals surface area contributed by atoms with Gasteiger partial charge >= 0.3 is 0 Å². The summed E-state index contributed by atoms with van der Waals surface area (Å²) in [6, 6.07) is 21.3. The Bertz CT molecular complexity index is 1190. The predicted molar refractivity (Wildman–Crippen MR) is 154 cm³/mol. The van der Waals surface area contributed by atoms with Crippen molar-refractivity contribution in [2.75, 3.05) is 6.54 Å². The first kappa shape index (κ1) is 28.3. The van der Waals surface area contributed by atoms with E-state index in [1.165, 1.54) is 6.07 Å². The third-order valence-corrected chi connectivity index (χ3v) is 6.94. The number of carbonyl (C=O) groups is 1. The molecule has 5 nitrogen and oxygen atoms in total. The van der Waals surface area contributed by atoms with Crippen LogP contribution in [0.25, 0.3) is 0 Å². The third kappa shape index (κ3) is 8.42. The Balaban J connectivity index is 0.00000361. The number of nitrogens with zero attached hydrogens (tertiary/aromatic N) is 2. The molecule has 1 amide bonds. The van der Waals surface area contributed by atoms with Crippen molar-refractivity contribution >= 4 is 60.7 Å². The van der Waals surface area contributed by atoms with Crippen LogP contribution in [0, 0.1) is 5.82 Å². The Morgan fingerprint density at radius 1 is 0.889 bits per heavy atom. The number of likely N-dealkylation sites (tertiary alicyclic amines) is 1. The predicted octanol–water partition coefficient (Wildman–Crippen LogP) is 6.49. The van der Waals surface area contributed by atoms with Crippen LogP contribution in [0.2, 0.25) is 0 Å². The molecule has 3 aromatic rings. The van der Waals surface area contributed by atoms with E-state index in [1.807, 2.05) is 17.0 Å². The summed E-state index contributed by atoms with van der Waals surface area (Å²) in [6.07, 6.45) is 1.61. The molecule has 0 radical (unpaired) electrons. The highest BCUT2D eigenvalue weighted by atomic mass is 79.9. The van der Waals surface area contributed by atoms with Crippen molar-refractivity contribution in [1.82, 2.24) is 15.5 Å². The van der Waals surface area contributed by atoms with Crippen LogP contribution in [0.5, 0.6) is 0 Å². The molecule has 0 bridgehead atoms. The quantitative estimate of drug-likeness (QED) is 0.211. The number of hydrogen-bond donors (Lipinski definition) is 2. The summed E-state index contributed by atoms with van der Waals surface area (Å²) in [5.74, 6) is 0.615. The molecular formula is C27H28Br3FN4O. The first-order valence-corrected chi connectivity index (χ1v) is 13.1. The van der Waals surface area contributed by atoms with Crippen molar-refractivity contribution < 1.29 is 9.18 Å². The van der Waals surface area contributed by atoms with Gasteiger partial charge in [0, 0.05) is 37.1 Å². The molecule has 190 valence electrons. The lowest BCUT2D eigenvalue weighted by Gasteiger charge is -2.16. The zero-order valence-corrected chi connectivity index (χ0v) is 24.5. The topological polar surface area (TPSA) is 56.7 Å². The van der Waals surface area contributed by atoms with Crippen LogP contribution in [0.1, 0.15) is 35.1 Å². The fraction of sp³-hybridized carbons (Fsp3) is 0.259. The van der Waals surface area contributed by atoms with E-state index in [1.54, 1.807) is 12.1 Å². The molecule has 0 spiro atoms. The molecule has 0 aliphatic carbocycles. The molecule has 36 heavy (non-hydrogen) atoms. The van der Waals surface area contributed by atoms with Gasteiger partial charge in [-0.3, -0.25) is 4.79 Å². The minimum absolute atomic E-state index is 0. The van der Waals surface area contributed by atoms with Gasteiger partial charge in [0.1, 0.15) is 5.82 Å². The van der Waals surface area contributed by atoms with Crippen LogP contribution in [-0.4, -0.2) is 23.3 Å². The first-order valence-electron chi connectivity index (χ1n) is 11.5. The summed E-state index contributed by atoms with van der Waals surface area (Å²) in [7, 11) is 0. The number of nitrogens with one attached hydrogen (secondary N) is 2. The first-order chi connectivity index (χ1) is 17.0. The maximum atomic E-state index is 13.6. The van der Waals surface area contributed by atoms with E-state index in [0.717, 1.165) is 39.7 Å². The second-order valence-electron chi connectivity index (χ2n) is 8.48. The van der Waals surface area contributed by atoms with Crippen LogP contribution < -0.4 is 10.6 Å². The summed E-state index contributed by atoms with van der Waals surface area (Å²) in [5.41, 5.74) is 4.29. The third-order valence-electron chi connectivity index (χ3n) is 5.80. The van der Waals surface area contributed by atoms with Gasteiger partial charge in [-0.1, -0.05) is 58.4 Å². The Kier molecular flexibility index (Phi) is 10.9. The molecule has 1 heterocycles. The van der Waals surface area contributed by atoms with Crippen LogP contribution in [0.15, 0.2) is 80.7 Å². The lowest BCUT2D eigenvalue weighted by atomic mass is 10.1. The Hall–Kier alpha value is -2.23. The molecule has 4 rings (SSSR count). The van der Waals surface area contributed by atoms with Gasteiger partial charge in [0.25, 0.3) is 0 Å². The minimum atomic E-state index is -0.290. The average molecular weight is 683 g/mol. The van der Waals surface area contributed by atoms with Crippen molar-refractivity contribution in [1.29, 1.82) is 0 Å². The highest BCUT2D eigenvalue weighted by Crippen LogP contribution is 2.18. The smallest absolute Gasteiger partial charge is 0.222 e. The molecule has 3 aromatic carbocycles. The van der Waals surface area contributed by atoms with E-state index in [0.29, 0.717) is 43.0 Å². The number of hydrogen-bond acceptors (Lipinski definition) is 2. The summed E-state index contributed by atoms with van der Waals surface area (Å²) < 4.78 is 15.0. The van der Waals surface area contributed by atoms with Crippen LogP contribution >= 0.6 is 48.8 Å². The van der Waals surface area contributed by atoms with E-state index in [2.05, 4.69) is 78.9 Å². The summed E-state index contributed by atoms with van der Waals surface area (Å²) in [6.45, 7) is 3.15. The molecule has 1 saturated heterocycles.